The van der Waals surface area contributed by atoms with Crippen LogP contribution in [0.1, 0.15) is 16.1 Å². The number of hydrazine groups is 1. The number of rotatable bonds is 5. The zero-order valence-electron chi connectivity index (χ0n) is 13.7. The number of anilines is 4. The summed E-state index contributed by atoms with van der Waals surface area (Å²) in [5.41, 5.74) is 9.68. The number of nitrogens with one attached hydrogen (secondary N) is 3. The average molecular weight is 414 g/mol. The number of nitrogens with two attached hydrogens (primary N) is 1. The van der Waals surface area contributed by atoms with Crippen molar-refractivity contribution in [3.8, 4) is 0 Å². The normalized spacial score (nSPS) is 11.1. The molecule has 3 heterocycles. The number of amides is 1. The maximum Gasteiger partial charge on any atom is 0.417 e. The van der Waals surface area contributed by atoms with Crippen molar-refractivity contribution in [2.45, 2.75) is 6.18 Å². The SMILES string of the molecule is Nc1c(NNC(=O)c2ccco2)ncnc1Nc1ncc(C(F)(F)F)cc1Cl. The van der Waals surface area contributed by atoms with Crippen LogP contribution >= 0.6 is 11.6 Å². The molecular formula is C15H11ClF3N7O2. The van der Waals surface area contributed by atoms with Crippen molar-refractivity contribution in [3.05, 3.63) is 53.3 Å². The summed E-state index contributed by atoms with van der Waals surface area (Å²) in [6.07, 6.45) is -1.52. The fourth-order valence-electron chi connectivity index (χ4n) is 1.98. The molecule has 0 aliphatic heterocycles. The van der Waals surface area contributed by atoms with Crippen molar-refractivity contribution in [3.63, 3.8) is 0 Å². The Bertz CT molecular complexity index is 996. The van der Waals surface area contributed by atoms with Gasteiger partial charge in [0, 0.05) is 6.20 Å². The molecule has 0 aliphatic rings. The van der Waals surface area contributed by atoms with E-state index in [-0.39, 0.29) is 33.9 Å². The quantitative estimate of drug-likeness (QED) is 0.469. The molecule has 13 heteroatoms. The summed E-state index contributed by atoms with van der Waals surface area (Å²) in [5.74, 6) is -0.575. The first-order valence-electron chi connectivity index (χ1n) is 7.46. The van der Waals surface area contributed by atoms with Crippen LogP contribution in [0, 0.1) is 0 Å². The zero-order chi connectivity index (χ0) is 20.3. The van der Waals surface area contributed by atoms with E-state index in [1.165, 1.54) is 18.4 Å². The van der Waals surface area contributed by atoms with Crippen molar-refractivity contribution in [2.75, 3.05) is 16.5 Å². The van der Waals surface area contributed by atoms with Crippen LogP contribution in [0.5, 0.6) is 0 Å². The summed E-state index contributed by atoms with van der Waals surface area (Å²) in [5, 5.41) is 2.33. The molecule has 0 fully saturated rings. The van der Waals surface area contributed by atoms with Crippen molar-refractivity contribution in [2.24, 2.45) is 0 Å². The van der Waals surface area contributed by atoms with Gasteiger partial charge in [-0.05, 0) is 18.2 Å². The van der Waals surface area contributed by atoms with Crippen molar-refractivity contribution >= 4 is 40.6 Å². The highest BCUT2D eigenvalue weighted by atomic mass is 35.5. The Morgan fingerprint density at radius 3 is 2.57 bits per heavy atom. The predicted octanol–water partition coefficient (Wildman–Crippen LogP) is 3.22. The Morgan fingerprint density at radius 1 is 1.18 bits per heavy atom. The Labute approximate surface area is 160 Å². The second-order valence-corrected chi connectivity index (χ2v) is 5.63. The Kier molecular flexibility index (Phi) is 5.22. The Hall–Kier alpha value is -3.54. The minimum Gasteiger partial charge on any atom is -0.459 e. The molecule has 0 spiro atoms. The number of hydrogen-bond donors (Lipinski definition) is 4. The standard InChI is InChI=1S/C15H11ClF3N7O2/c16-8-4-7(15(17,18)19)5-21-11(8)24-12-10(20)13(23-6-22-12)25-26-14(27)9-2-1-3-28-9/h1-6H,20H2,(H,26,27)(H2,21,22,23,24,25). The minimum atomic E-state index is -4.58. The van der Waals surface area contributed by atoms with Crippen LogP contribution in [0.3, 0.4) is 0 Å². The predicted molar refractivity (Wildman–Crippen MR) is 93.8 cm³/mol. The van der Waals surface area contributed by atoms with Gasteiger partial charge in [-0.1, -0.05) is 11.6 Å². The molecule has 0 aliphatic carbocycles. The van der Waals surface area contributed by atoms with Crippen LogP contribution in [0.4, 0.5) is 36.3 Å². The van der Waals surface area contributed by atoms with Crippen molar-refractivity contribution in [1.29, 1.82) is 0 Å². The molecule has 146 valence electrons. The highest BCUT2D eigenvalue weighted by molar-refractivity contribution is 6.33. The van der Waals surface area contributed by atoms with Crippen LogP contribution in [0.2, 0.25) is 5.02 Å². The third-order valence-corrected chi connectivity index (χ3v) is 3.62. The number of hydrogen-bond acceptors (Lipinski definition) is 8. The van der Waals surface area contributed by atoms with Gasteiger partial charge in [0.15, 0.2) is 17.4 Å². The second-order valence-electron chi connectivity index (χ2n) is 5.22. The molecule has 0 radical (unpaired) electrons. The molecule has 5 N–H and O–H groups in total. The second kappa shape index (κ2) is 7.60. The lowest BCUT2D eigenvalue weighted by Gasteiger charge is -2.14. The lowest BCUT2D eigenvalue weighted by Crippen LogP contribution is -2.30. The summed E-state index contributed by atoms with van der Waals surface area (Å²) in [6.45, 7) is 0. The van der Waals surface area contributed by atoms with Crippen LogP contribution < -0.4 is 21.9 Å². The molecule has 0 aromatic carbocycles. The molecule has 9 nitrogen and oxygen atoms in total. The van der Waals surface area contributed by atoms with Gasteiger partial charge in [0.2, 0.25) is 0 Å². The number of halogens is 4. The number of carbonyl (C=O) groups is 1. The van der Waals surface area contributed by atoms with Gasteiger partial charge in [-0.25, -0.2) is 15.0 Å². The molecule has 0 saturated carbocycles. The first-order chi connectivity index (χ1) is 13.3. The van der Waals surface area contributed by atoms with Gasteiger partial charge < -0.3 is 15.5 Å². The smallest absolute Gasteiger partial charge is 0.417 e. The van der Waals surface area contributed by atoms with Gasteiger partial charge >= 0.3 is 12.1 Å². The zero-order valence-corrected chi connectivity index (χ0v) is 14.5. The summed E-state index contributed by atoms with van der Waals surface area (Å²) >= 11 is 5.84. The average Bonchev–Trinajstić information content (AvgIpc) is 3.17. The van der Waals surface area contributed by atoms with Gasteiger partial charge in [-0.3, -0.25) is 15.6 Å². The van der Waals surface area contributed by atoms with Gasteiger partial charge in [0.25, 0.3) is 0 Å². The monoisotopic (exact) mass is 413 g/mol. The van der Waals surface area contributed by atoms with E-state index in [4.69, 9.17) is 21.8 Å². The summed E-state index contributed by atoms with van der Waals surface area (Å²) in [7, 11) is 0. The third kappa shape index (κ3) is 4.23. The Morgan fingerprint density at radius 2 is 1.93 bits per heavy atom. The molecule has 3 aromatic heterocycles. The van der Waals surface area contributed by atoms with Gasteiger partial charge in [0.05, 0.1) is 16.8 Å². The number of carbonyl (C=O) groups excluding carboxylic acids is 1. The topological polar surface area (TPSA) is 131 Å². The van der Waals surface area contributed by atoms with E-state index < -0.39 is 17.6 Å². The van der Waals surface area contributed by atoms with Crippen LogP contribution in [0.25, 0.3) is 0 Å². The molecular weight excluding hydrogens is 403 g/mol. The van der Waals surface area contributed by atoms with E-state index in [1.54, 1.807) is 0 Å². The first-order valence-corrected chi connectivity index (χ1v) is 7.83. The van der Waals surface area contributed by atoms with Gasteiger partial charge in [0.1, 0.15) is 17.8 Å². The molecule has 0 atom stereocenters. The molecule has 3 aromatic rings. The number of nitrogen functional groups attached to an aromatic ring is 1. The van der Waals surface area contributed by atoms with E-state index in [9.17, 15) is 18.0 Å². The van der Waals surface area contributed by atoms with E-state index >= 15 is 0 Å². The molecule has 0 unspecified atom stereocenters. The van der Waals surface area contributed by atoms with E-state index in [0.717, 1.165) is 12.4 Å². The van der Waals surface area contributed by atoms with Crippen LogP contribution in [0.15, 0.2) is 41.4 Å². The molecule has 0 bridgehead atoms. The first kappa shape index (κ1) is 19.2. The number of alkyl halides is 3. The molecule has 28 heavy (non-hydrogen) atoms. The molecule has 0 saturated heterocycles. The Balaban J connectivity index is 1.75. The lowest BCUT2D eigenvalue weighted by atomic mass is 10.3. The molecule has 3 rings (SSSR count). The van der Waals surface area contributed by atoms with Crippen molar-refractivity contribution in [1.82, 2.24) is 20.4 Å². The lowest BCUT2D eigenvalue weighted by molar-refractivity contribution is -0.137. The van der Waals surface area contributed by atoms with Gasteiger partial charge in [-0.2, -0.15) is 13.2 Å². The number of furan rings is 1. The number of aromatic nitrogens is 3. The maximum atomic E-state index is 12.7. The van der Waals surface area contributed by atoms with Gasteiger partial charge in [-0.15, -0.1) is 0 Å². The highest BCUT2D eigenvalue weighted by Gasteiger charge is 2.31. The fourth-order valence-corrected chi connectivity index (χ4v) is 2.19. The van der Waals surface area contributed by atoms with E-state index in [2.05, 4.69) is 31.1 Å². The third-order valence-electron chi connectivity index (χ3n) is 3.33. The summed E-state index contributed by atoms with van der Waals surface area (Å²) in [4.78, 5) is 23.2. The summed E-state index contributed by atoms with van der Waals surface area (Å²) < 4.78 is 43.0. The minimum absolute atomic E-state index is 0.0129. The maximum absolute atomic E-state index is 12.7. The largest absolute Gasteiger partial charge is 0.459 e. The van der Waals surface area contributed by atoms with Crippen LogP contribution in [-0.4, -0.2) is 20.9 Å². The number of pyridine rings is 1. The highest BCUT2D eigenvalue weighted by Crippen LogP contribution is 2.34. The number of nitrogens with zero attached hydrogens (tertiary/aromatic N) is 3. The van der Waals surface area contributed by atoms with E-state index in [1.807, 2.05) is 0 Å². The summed E-state index contributed by atoms with van der Waals surface area (Å²) in [6, 6.07) is 3.71. The van der Waals surface area contributed by atoms with Crippen LogP contribution in [-0.2, 0) is 6.18 Å². The fraction of sp³-hybridized carbons (Fsp3) is 0.0667. The van der Waals surface area contributed by atoms with E-state index in [0.29, 0.717) is 6.20 Å². The van der Waals surface area contributed by atoms with Crippen molar-refractivity contribution < 1.29 is 22.4 Å². The molecule has 1 amide bonds.